The fourth-order valence-corrected chi connectivity index (χ4v) is 3.09. The van der Waals surface area contributed by atoms with Crippen LogP contribution in [-0.2, 0) is 9.59 Å². The van der Waals surface area contributed by atoms with Crippen LogP contribution in [0, 0.1) is 0 Å². The van der Waals surface area contributed by atoms with Crippen molar-refractivity contribution in [2.45, 2.75) is 0 Å². The number of benzene rings is 2. The lowest BCUT2D eigenvalue weighted by atomic mass is 10.1. The molecule has 1 fully saturated rings. The second-order valence-electron chi connectivity index (χ2n) is 5.01. The summed E-state index contributed by atoms with van der Waals surface area (Å²) in [5.74, 6) is -0.153. The number of halogens is 2. The molecule has 1 aliphatic heterocycles. The van der Waals surface area contributed by atoms with Crippen molar-refractivity contribution in [3.63, 3.8) is 0 Å². The molecule has 1 saturated heterocycles. The Morgan fingerprint density at radius 3 is 2.42 bits per heavy atom. The molecule has 2 aromatic rings. The molecule has 122 valence electrons. The smallest absolute Gasteiger partial charge is 0.282 e. The molecule has 3 rings (SSSR count). The number of carbonyl (C=O) groups excluding carboxylic acids is 2. The Hall–Kier alpha value is -2.12. The third-order valence-corrected chi connectivity index (χ3v) is 4.61. The van der Waals surface area contributed by atoms with Gasteiger partial charge < -0.3 is 4.74 Å². The molecule has 0 radical (unpaired) electrons. The predicted octanol–water partition coefficient (Wildman–Crippen LogP) is 3.68. The van der Waals surface area contributed by atoms with Crippen LogP contribution in [0.1, 0.15) is 5.56 Å². The van der Waals surface area contributed by atoms with Crippen LogP contribution in [0.15, 0.2) is 57.0 Å². The van der Waals surface area contributed by atoms with Crippen molar-refractivity contribution >= 4 is 55.4 Å². The van der Waals surface area contributed by atoms with Crippen LogP contribution in [0.4, 0.5) is 5.69 Å². The molecule has 24 heavy (non-hydrogen) atoms. The van der Waals surface area contributed by atoms with Crippen molar-refractivity contribution in [2.75, 3.05) is 12.1 Å². The van der Waals surface area contributed by atoms with E-state index in [1.807, 2.05) is 0 Å². The molecule has 5 nitrogen and oxygen atoms in total. The Balaban J connectivity index is 1.91. The number of hydrogen-bond acceptors (Lipinski definition) is 3. The molecule has 1 aliphatic rings. The van der Waals surface area contributed by atoms with Crippen LogP contribution >= 0.6 is 31.9 Å². The lowest BCUT2D eigenvalue weighted by Gasteiger charge is -2.14. The molecule has 2 amide bonds. The highest BCUT2D eigenvalue weighted by molar-refractivity contribution is 9.10. The number of nitrogens with one attached hydrogen (secondary N) is 1. The first-order valence-corrected chi connectivity index (χ1v) is 8.54. The van der Waals surface area contributed by atoms with Crippen molar-refractivity contribution in [1.82, 2.24) is 5.43 Å². The number of anilines is 1. The molecule has 7 heteroatoms. The van der Waals surface area contributed by atoms with Gasteiger partial charge in [0.1, 0.15) is 11.3 Å². The zero-order chi connectivity index (χ0) is 17.3. The summed E-state index contributed by atoms with van der Waals surface area (Å²) in [7, 11) is 1.57. The number of methoxy groups -OCH3 is 1. The number of carbonyl (C=O) groups is 2. The van der Waals surface area contributed by atoms with Crippen LogP contribution in [0.3, 0.4) is 0 Å². The number of nitrogens with zero attached hydrogens (tertiary/aromatic N) is 1. The maximum Gasteiger partial charge on any atom is 0.282 e. The quantitative estimate of drug-likeness (QED) is 0.572. The standard InChI is InChI=1S/C17H12Br2N2O3/c1-24-15-7-2-10(9-14(15)19)8-13-16(22)20-21(17(13)23)12-5-3-11(18)4-6-12/h2-9H,1H3,(H,20,22)/b13-8-. The zero-order valence-corrected chi connectivity index (χ0v) is 15.7. The Morgan fingerprint density at radius 2 is 1.79 bits per heavy atom. The highest BCUT2D eigenvalue weighted by Crippen LogP contribution is 2.28. The van der Waals surface area contributed by atoms with Crippen molar-refractivity contribution in [3.8, 4) is 5.75 Å². The number of ether oxygens (including phenoxy) is 1. The molecular formula is C17H12Br2N2O3. The number of hydrazine groups is 1. The third-order valence-electron chi connectivity index (χ3n) is 3.46. The van der Waals surface area contributed by atoms with E-state index < -0.39 is 11.8 Å². The van der Waals surface area contributed by atoms with Crippen LogP contribution in [0.5, 0.6) is 5.75 Å². The minimum Gasteiger partial charge on any atom is -0.496 e. The lowest BCUT2D eigenvalue weighted by molar-refractivity contribution is -0.117. The molecule has 0 atom stereocenters. The summed E-state index contributed by atoms with van der Waals surface area (Å²) < 4.78 is 6.81. The van der Waals surface area contributed by atoms with Gasteiger partial charge in [0.25, 0.3) is 11.8 Å². The normalized spacial score (nSPS) is 15.8. The molecule has 0 aliphatic carbocycles. The van der Waals surface area contributed by atoms with E-state index >= 15 is 0 Å². The van der Waals surface area contributed by atoms with Gasteiger partial charge >= 0.3 is 0 Å². The Bertz CT molecular complexity index is 847. The molecule has 0 aromatic heterocycles. The maximum atomic E-state index is 12.5. The van der Waals surface area contributed by atoms with Crippen molar-refractivity contribution in [1.29, 1.82) is 0 Å². The topological polar surface area (TPSA) is 58.6 Å². The monoisotopic (exact) mass is 450 g/mol. The van der Waals surface area contributed by atoms with Gasteiger partial charge in [0.2, 0.25) is 0 Å². The second-order valence-corrected chi connectivity index (χ2v) is 6.78. The van der Waals surface area contributed by atoms with E-state index in [0.29, 0.717) is 11.4 Å². The first-order chi connectivity index (χ1) is 11.5. The van der Waals surface area contributed by atoms with Gasteiger partial charge in [-0.25, -0.2) is 5.01 Å². The summed E-state index contributed by atoms with van der Waals surface area (Å²) >= 11 is 6.73. The van der Waals surface area contributed by atoms with Gasteiger partial charge in [-0.1, -0.05) is 22.0 Å². The van der Waals surface area contributed by atoms with Gasteiger partial charge in [-0.2, -0.15) is 0 Å². The van der Waals surface area contributed by atoms with Gasteiger partial charge in [-0.05, 0) is 64.0 Å². The van der Waals surface area contributed by atoms with Crippen LogP contribution in [0.25, 0.3) is 6.08 Å². The van der Waals surface area contributed by atoms with Gasteiger partial charge in [0.15, 0.2) is 0 Å². The van der Waals surface area contributed by atoms with E-state index in [1.54, 1.807) is 55.7 Å². The lowest BCUT2D eigenvalue weighted by Crippen LogP contribution is -2.35. The Kier molecular flexibility index (Phi) is 4.73. The predicted molar refractivity (Wildman–Crippen MR) is 98.4 cm³/mol. The minimum atomic E-state index is -0.435. The van der Waals surface area contributed by atoms with E-state index in [1.165, 1.54) is 5.01 Å². The van der Waals surface area contributed by atoms with E-state index in [-0.39, 0.29) is 5.57 Å². The van der Waals surface area contributed by atoms with E-state index in [2.05, 4.69) is 37.3 Å². The molecule has 2 aromatic carbocycles. The van der Waals surface area contributed by atoms with Gasteiger partial charge in [-0.15, -0.1) is 0 Å². The van der Waals surface area contributed by atoms with Gasteiger partial charge in [0, 0.05) is 4.47 Å². The average molecular weight is 452 g/mol. The van der Waals surface area contributed by atoms with E-state index in [0.717, 1.165) is 14.5 Å². The fourth-order valence-electron chi connectivity index (χ4n) is 2.27. The average Bonchev–Trinajstić information content (AvgIpc) is 2.84. The third kappa shape index (κ3) is 3.22. The molecular weight excluding hydrogens is 440 g/mol. The number of rotatable bonds is 3. The molecule has 0 saturated carbocycles. The summed E-state index contributed by atoms with van der Waals surface area (Å²) in [5, 5.41) is 1.24. The Labute approximate surface area is 155 Å². The molecule has 0 unspecified atom stereocenters. The zero-order valence-electron chi connectivity index (χ0n) is 12.5. The van der Waals surface area contributed by atoms with E-state index in [9.17, 15) is 9.59 Å². The van der Waals surface area contributed by atoms with Crippen LogP contribution in [0.2, 0.25) is 0 Å². The summed E-state index contributed by atoms with van der Waals surface area (Å²) in [6, 6.07) is 12.4. The van der Waals surface area contributed by atoms with Gasteiger partial charge in [0.05, 0.1) is 17.3 Å². The molecule has 1 N–H and O–H groups in total. The maximum absolute atomic E-state index is 12.5. The van der Waals surface area contributed by atoms with E-state index in [4.69, 9.17) is 4.74 Å². The highest BCUT2D eigenvalue weighted by Gasteiger charge is 2.34. The largest absolute Gasteiger partial charge is 0.496 e. The minimum absolute atomic E-state index is 0.0787. The van der Waals surface area contributed by atoms with Gasteiger partial charge in [-0.3, -0.25) is 15.0 Å². The molecule has 0 spiro atoms. The molecule has 1 heterocycles. The summed E-state index contributed by atoms with van der Waals surface area (Å²) in [6.45, 7) is 0. The second kappa shape index (κ2) is 6.78. The van der Waals surface area contributed by atoms with Crippen molar-refractivity contribution in [3.05, 3.63) is 62.5 Å². The number of hydrogen-bond donors (Lipinski definition) is 1. The SMILES string of the molecule is COc1ccc(/C=C2/C(=O)NN(c3ccc(Br)cc3)C2=O)cc1Br. The fraction of sp³-hybridized carbons (Fsp3) is 0.0588. The summed E-state index contributed by atoms with van der Waals surface area (Å²) in [5.41, 5.74) is 3.96. The summed E-state index contributed by atoms with van der Waals surface area (Å²) in [4.78, 5) is 24.7. The number of amides is 2. The highest BCUT2D eigenvalue weighted by atomic mass is 79.9. The first kappa shape index (κ1) is 16.7. The molecule has 0 bridgehead atoms. The Morgan fingerprint density at radius 1 is 1.08 bits per heavy atom. The van der Waals surface area contributed by atoms with Crippen LogP contribution < -0.4 is 15.2 Å². The summed E-state index contributed by atoms with van der Waals surface area (Å²) in [6.07, 6.45) is 1.56. The van der Waals surface area contributed by atoms with Crippen LogP contribution in [-0.4, -0.2) is 18.9 Å². The van der Waals surface area contributed by atoms with Crippen molar-refractivity contribution < 1.29 is 14.3 Å². The van der Waals surface area contributed by atoms with Crippen molar-refractivity contribution in [2.24, 2.45) is 0 Å². The first-order valence-electron chi connectivity index (χ1n) is 6.96.